The zero-order valence-electron chi connectivity index (χ0n) is 12.8. The second-order valence-corrected chi connectivity index (χ2v) is 8.12. The molecular formula is C15H26N2O3S. The van der Waals surface area contributed by atoms with Gasteiger partial charge in [0.2, 0.25) is 15.9 Å². The second kappa shape index (κ2) is 7.40. The van der Waals surface area contributed by atoms with E-state index in [1.54, 1.807) is 4.31 Å². The van der Waals surface area contributed by atoms with Crippen LogP contribution in [0.2, 0.25) is 0 Å². The quantitative estimate of drug-likeness (QED) is 0.758. The topological polar surface area (TPSA) is 66.5 Å². The van der Waals surface area contributed by atoms with Crippen molar-refractivity contribution in [2.75, 3.05) is 18.8 Å². The van der Waals surface area contributed by atoms with Crippen LogP contribution >= 0.6 is 0 Å². The van der Waals surface area contributed by atoms with E-state index in [1.165, 1.54) is 0 Å². The van der Waals surface area contributed by atoms with Crippen molar-refractivity contribution in [3.05, 3.63) is 12.2 Å². The van der Waals surface area contributed by atoms with Gasteiger partial charge in [-0.05, 0) is 38.0 Å². The van der Waals surface area contributed by atoms with Gasteiger partial charge in [0.25, 0.3) is 0 Å². The van der Waals surface area contributed by atoms with Gasteiger partial charge in [-0.25, -0.2) is 12.7 Å². The van der Waals surface area contributed by atoms with Crippen molar-refractivity contribution in [3.8, 4) is 0 Å². The summed E-state index contributed by atoms with van der Waals surface area (Å²) in [6, 6.07) is 0.121. The summed E-state index contributed by atoms with van der Waals surface area (Å²) < 4.78 is 25.5. The third-order valence-electron chi connectivity index (χ3n) is 4.23. The molecule has 1 heterocycles. The standard InChI is InChI=1S/C15H26N2O3S/c1-2-11-21(19,20)17-9-7-14(8-10-17)16-15(18)12-13-5-3-4-6-13/h3,5,13-14H,2,4,6-12H2,1H3,(H,16,18). The van der Waals surface area contributed by atoms with Crippen molar-refractivity contribution < 1.29 is 13.2 Å². The van der Waals surface area contributed by atoms with Gasteiger partial charge in [0.15, 0.2) is 0 Å². The molecule has 1 aliphatic carbocycles. The highest BCUT2D eigenvalue weighted by Crippen LogP contribution is 2.21. The normalized spacial score (nSPS) is 24.3. The lowest BCUT2D eigenvalue weighted by atomic mass is 10.0. The summed E-state index contributed by atoms with van der Waals surface area (Å²) >= 11 is 0. The van der Waals surface area contributed by atoms with Crippen molar-refractivity contribution in [1.82, 2.24) is 9.62 Å². The van der Waals surface area contributed by atoms with Gasteiger partial charge in [-0.2, -0.15) is 0 Å². The van der Waals surface area contributed by atoms with Crippen LogP contribution in [0.25, 0.3) is 0 Å². The third kappa shape index (κ3) is 4.81. The van der Waals surface area contributed by atoms with Gasteiger partial charge in [-0.1, -0.05) is 19.1 Å². The molecule has 0 aromatic rings. The minimum absolute atomic E-state index is 0.0985. The van der Waals surface area contributed by atoms with Crippen molar-refractivity contribution in [3.63, 3.8) is 0 Å². The Morgan fingerprint density at radius 2 is 2.00 bits per heavy atom. The highest BCUT2D eigenvalue weighted by molar-refractivity contribution is 7.89. The number of sulfonamides is 1. The van der Waals surface area contributed by atoms with Crippen LogP contribution in [0.3, 0.4) is 0 Å². The first-order valence-electron chi connectivity index (χ1n) is 7.95. The maximum atomic E-state index is 12.0. The number of amides is 1. The van der Waals surface area contributed by atoms with Crippen molar-refractivity contribution in [1.29, 1.82) is 0 Å². The lowest BCUT2D eigenvalue weighted by molar-refractivity contribution is -0.122. The number of hydrogen-bond acceptors (Lipinski definition) is 3. The molecule has 0 saturated carbocycles. The largest absolute Gasteiger partial charge is 0.353 e. The van der Waals surface area contributed by atoms with E-state index in [0.717, 1.165) is 25.7 Å². The molecule has 1 amide bonds. The van der Waals surface area contributed by atoms with Gasteiger partial charge in [0.1, 0.15) is 0 Å². The summed E-state index contributed by atoms with van der Waals surface area (Å²) in [5.74, 6) is 0.703. The van der Waals surface area contributed by atoms with Crippen molar-refractivity contribution >= 4 is 15.9 Å². The van der Waals surface area contributed by atoms with Crippen LogP contribution in [0.4, 0.5) is 0 Å². The third-order valence-corrected chi connectivity index (χ3v) is 6.31. The van der Waals surface area contributed by atoms with E-state index in [1.807, 2.05) is 6.92 Å². The first kappa shape index (κ1) is 16.5. The molecule has 1 aliphatic heterocycles. The Hall–Kier alpha value is -0.880. The predicted octanol–water partition coefficient (Wildman–Crippen LogP) is 1.66. The number of allylic oxidation sites excluding steroid dienone is 2. The molecule has 0 radical (unpaired) electrons. The summed E-state index contributed by atoms with van der Waals surface area (Å²) in [5.41, 5.74) is 0. The van der Waals surface area contributed by atoms with Gasteiger partial charge < -0.3 is 5.32 Å². The number of nitrogens with one attached hydrogen (secondary N) is 1. The molecule has 0 bridgehead atoms. The van der Waals surface area contributed by atoms with Crippen LogP contribution in [-0.4, -0.2) is 43.5 Å². The maximum Gasteiger partial charge on any atom is 0.220 e. The lowest BCUT2D eigenvalue weighted by Crippen LogP contribution is -2.47. The summed E-state index contributed by atoms with van der Waals surface area (Å²) in [4.78, 5) is 12.0. The number of rotatable bonds is 6. The van der Waals surface area contributed by atoms with Gasteiger partial charge in [0, 0.05) is 25.6 Å². The van der Waals surface area contributed by atoms with Gasteiger partial charge in [-0.3, -0.25) is 4.79 Å². The monoisotopic (exact) mass is 314 g/mol. The molecular weight excluding hydrogens is 288 g/mol. The Balaban J connectivity index is 1.73. The van der Waals surface area contributed by atoms with E-state index in [0.29, 0.717) is 31.8 Å². The highest BCUT2D eigenvalue weighted by Gasteiger charge is 2.28. The van der Waals surface area contributed by atoms with Gasteiger partial charge in [0.05, 0.1) is 5.75 Å². The second-order valence-electron chi connectivity index (χ2n) is 6.03. The molecule has 2 rings (SSSR count). The average molecular weight is 314 g/mol. The fourth-order valence-corrected chi connectivity index (χ4v) is 4.60. The van der Waals surface area contributed by atoms with E-state index < -0.39 is 10.0 Å². The molecule has 1 saturated heterocycles. The Morgan fingerprint density at radius 3 is 2.57 bits per heavy atom. The van der Waals surface area contributed by atoms with E-state index in [2.05, 4.69) is 17.5 Å². The van der Waals surface area contributed by atoms with E-state index >= 15 is 0 Å². The smallest absolute Gasteiger partial charge is 0.220 e. The van der Waals surface area contributed by atoms with E-state index in [-0.39, 0.29) is 17.7 Å². The van der Waals surface area contributed by atoms with Crippen LogP contribution in [-0.2, 0) is 14.8 Å². The predicted molar refractivity (Wildman–Crippen MR) is 83.3 cm³/mol. The minimum Gasteiger partial charge on any atom is -0.353 e. The molecule has 2 aliphatic rings. The zero-order chi connectivity index (χ0) is 15.3. The molecule has 6 heteroatoms. The first-order chi connectivity index (χ1) is 10.0. The van der Waals surface area contributed by atoms with Crippen LogP contribution < -0.4 is 5.32 Å². The van der Waals surface area contributed by atoms with Crippen LogP contribution in [0.5, 0.6) is 0 Å². The molecule has 1 N–H and O–H groups in total. The Morgan fingerprint density at radius 1 is 1.29 bits per heavy atom. The zero-order valence-corrected chi connectivity index (χ0v) is 13.6. The Bertz CT molecular complexity index is 479. The van der Waals surface area contributed by atoms with Crippen LogP contribution in [0, 0.1) is 5.92 Å². The average Bonchev–Trinajstić information content (AvgIpc) is 2.92. The summed E-state index contributed by atoms with van der Waals surface area (Å²) in [6.07, 6.45) is 9.05. The molecule has 1 fully saturated rings. The fraction of sp³-hybridized carbons (Fsp3) is 0.800. The summed E-state index contributed by atoms with van der Waals surface area (Å²) in [5, 5.41) is 3.06. The van der Waals surface area contributed by atoms with Crippen molar-refractivity contribution in [2.45, 2.75) is 51.5 Å². The van der Waals surface area contributed by atoms with Crippen molar-refractivity contribution in [2.24, 2.45) is 5.92 Å². The Labute approximate surface area is 127 Å². The molecule has 0 aromatic heterocycles. The van der Waals surface area contributed by atoms with Crippen LogP contribution in [0.15, 0.2) is 12.2 Å². The number of nitrogens with zero attached hydrogens (tertiary/aromatic N) is 1. The van der Waals surface area contributed by atoms with E-state index in [4.69, 9.17) is 0 Å². The molecule has 5 nitrogen and oxygen atoms in total. The highest BCUT2D eigenvalue weighted by atomic mass is 32.2. The molecule has 0 aromatic carbocycles. The molecule has 1 atom stereocenters. The first-order valence-corrected chi connectivity index (χ1v) is 9.56. The number of carbonyl (C=O) groups excluding carboxylic acids is 1. The van der Waals surface area contributed by atoms with E-state index in [9.17, 15) is 13.2 Å². The number of carbonyl (C=O) groups is 1. The molecule has 21 heavy (non-hydrogen) atoms. The maximum absolute atomic E-state index is 12.0. The van der Waals surface area contributed by atoms with Crippen LogP contribution in [0.1, 0.15) is 45.4 Å². The van der Waals surface area contributed by atoms with Gasteiger partial charge >= 0.3 is 0 Å². The number of piperidine rings is 1. The molecule has 1 unspecified atom stereocenters. The fourth-order valence-electron chi connectivity index (χ4n) is 3.06. The minimum atomic E-state index is -3.09. The lowest BCUT2D eigenvalue weighted by Gasteiger charge is -2.31. The summed E-state index contributed by atoms with van der Waals surface area (Å²) in [6.45, 7) is 2.93. The molecule has 0 spiro atoms. The van der Waals surface area contributed by atoms with Gasteiger partial charge in [-0.15, -0.1) is 0 Å². The SMILES string of the molecule is CCCS(=O)(=O)N1CCC(NC(=O)CC2C=CCC2)CC1. The molecule has 120 valence electrons. The summed E-state index contributed by atoms with van der Waals surface area (Å²) in [7, 11) is -3.09. The Kier molecular flexibility index (Phi) is 5.81. The number of hydrogen-bond donors (Lipinski definition) is 1.